The molecule has 1 aromatic carbocycles. The van der Waals surface area contributed by atoms with Gasteiger partial charge in [0, 0.05) is 27.4 Å². The van der Waals surface area contributed by atoms with E-state index in [4.69, 9.17) is 4.74 Å². The SMILES string of the molecule is CC(=O)Nc1c(I)c(C(=O)OCCNS(=O)(=O)C(F)(F)F)c(I)c(N(C)C(C)=O)c1I. The minimum atomic E-state index is -5.57. The number of carbonyl (C=O) groups is 3. The van der Waals surface area contributed by atoms with Crippen LogP contribution in [0.3, 0.4) is 0 Å². The maximum Gasteiger partial charge on any atom is 0.511 e. The van der Waals surface area contributed by atoms with E-state index < -0.39 is 40.6 Å². The first-order valence-corrected chi connectivity index (χ1v) is 12.7. The lowest BCUT2D eigenvalue weighted by atomic mass is 10.1. The molecule has 0 saturated carbocycles. The Bertz CT molecular complexity index is 1020. The number of esters is 1. The number of sulfonamides is 1. The number of hydrogen-bond acceptors (Lipinski definition) is 6. The fourth-order valence-electron chi connectivity index (χ4n) is 2.04. The summed E-state index contributed by atoms with van der Waals surface area (Å²) in [5, 5.41) is 2.58. The number of halogens is 6. The molecule has 0 aliphatic carbocycles. The summed E-state index contributed by atoms with van der Waals surface area (Å²) in [6, 6.07) is 0. The number of hydrogen-bond donors (Lipinski definition) is 2. The maximum absolute atomic E-state index is 12.7. The summed E-state index contributed by atoms with van der Waals surface area (Å²) in [5.41, 5.74) is -4.95. The molecule has 2 amide bonds. The zero-order chi connectivity index (χ0) is 24.3. The van der Waals surface area contributed by atoms with E-state index in [1.807, 2.05) is 45.2 Å². The number of nitrogens with zero attached hydrogens (tertiary/aromatic N) is 1. The van der Waals surface area contributed by atoms with E-state index in [0.717, 1.165) is 0 Å². The molecule has 0 atom stereocenters. The Morgan fingerprint density at radius 1 is 1.06 bits per heavy atom. The van der Waals surface area contributed by atoms with Gasteiger partial charge >= 0.3 is 21.5 Å². The van der Waals surface area contributed by atoms with E-state index >= 15 is 0 Å². The summed E-state index contributed by atoms with van der Waals surface area (Å²) in [5.74, 6) is -1.76. The van der Waals surface area contributed by atoms with Crippen molar-refractivity contribution in [1.82, 2.24) is 4.72 Å². The Labute approximate surface area is 216 Å². The second-order valence-electron chi connectivity index (χ2n) is 5.78. The van der Waals surface area contributed by atoms with Crippen molar-refractivity contribution in [3.05, 3.63) is 16.3 Å². The van der Waals surface area contributed by atoms with Crippen molar-refractivity contribution < 1.29 is 40.7 Å². The van der Waals surface area contributed by atoms with Crippen LogP contribution in [-0.2, 0) is 24.3 Å². The van der Waals surface area contributed by atoms with Gasteiger partial charge in [0.15, 0.2) is 0 Å². The molecule has 0 aliphatic heterocycles. The number of carbonyl (C=O) groups excluding carboxylic acids is 3. The lowest BCUT2D eigenvalue weighted by Gasteiger charge is -2.24. The van der Waals surface area contributed by atoms with Gasteiger partial charge in [-0.15, -0.1) is 0 Å². The smallest absolute Gasteiger partial charge is 0.461 e. The van der Waals surface area contributed by atoms with Gasteiger partial charge in [-0.2, -0.15) is 13.2 Å². The third kappa shape index (κ3) is 7.00. The number of benzene rings is 1. The molecule has 2 N–H and O–H groups in total. The molecule has 31 heavy (non-hydrogen) atoms. The minimum Gasteiger partial charge on any atom is -0.461 e. The van der Waals surface area contributed by atoms with Crippen molar-refractivity contribution in [1.29, 1.82) is 0 Å². The van der Waals surface area contributed by atoms with Crippen LogP contribution >= 0.6 is 67.8 Å². The second-order valence-corrected chi connectivity index (χ2v) is 10.8. The number of alkyl halides is 3. The Balaban J connectivity index is 3.28. The van der Waals surface area contributed by atoms with Crippen LogP contribution in [0.25, 0.3) is 0 Å². The highest BCUT2D eigenvalue weighted by atomic mass is 127. The van der Waals surface area contributed by atoms with E-state index in [1.165, 1.54) is 30.5 Å². The minimum absolute atomic E-state index is 0.0351. The molecule has 0 radical (unpaired) electrons. The molecular weight excluding hydrogens is 788 g/mol. The second kappa shape index (κ2) is 11.1. The molecule has 1 aromatic rings. The molecule has 0 fully saturated rings. The van der Waals surface area contributed by atoms with Crippen LogP contribution < -0.4 is 14.9 Å². The van der Waals surface area contributed by atoms with Crippen molar-refractivity contribution in [2.75, 3.05) is 30.4 Å². The monoisotopic (exact) mass is 803 g/mol. The molecule has 16 heteroatoms. The van der Waals surface area contributed by atoms with E-state index in [-0.39, 0.29) is 20.7 Å². The standard InChI is InChI=1S/C15H15F3I3N3O6S/c1-6(25)23-12-9(19)8(10(20)13(11(12)21)24(3)7(2)26)14(27)30-5-4-22-31(28,29)15(16,17)18/h22H,4-5H2,1-3H3,(H,23,25). The number of ether oxygens (including phenoxy) is 1. The molecule has 0 saturated heterocycles. The molecule has 0 aliphatic rings. The highest BCUT2D eigenvalue weighted by Crippen LogP contribution is 2.40. The Kier molecular flexibility index (Phi) is 10.2. The van der Waals surface area contributed by atoms with Crippen LogP contribution in [0.5, 0.6) is 0 Å². The van der Waals surface area contributed by atoms with E-state index in [9.17, 15) is 36.0 Å². The fraction of sp³-hybridized carbons (Fsp3) is 0.400. The fourth-order valence-corrected chi connectivity index (χ4v) is 7.16. The molecule has 0 aromatic heterocycles. The summed E-state index contributed by atoms with van der Waals surface area (Å²) < 4.78 is 66.3. The predicted molar refractivity (Wildman–Crippen MR) is 131 cm³/mol. The van der Waals surface area contributed by atoms with Gasteiger partial charge in [0.25, 0.3) is 0 Å². The molecule has 0 heterocycles. The average molecular weight is 803 g/mol. The first kappa shape index (κ1) is 28.6. The Morgan fingerprint density at radius 2 is 1.61 bits per heavy atom. The van der Waals surface area contributed by atoms with Gasteiger partial charge in [-0.05, 0) is 67.8 Å². The first-order chi connectivity index (χ1) is 14.0. The van der Waals surface area contributed by atoms with Crippen LogP contribution in [0.15, 0.2) is 0 Å². The Morgan fingerprint density at radius 3 is 2.06 bits per heavy atom. The van der Waals surface area contributed by atoms with Gasteiger partial charge in [0.2, 0.25) is 11.8 Å². The van der Waals surface area contributed by atoms with Crippen LogP contribution in [0.2, 0.25) is 0 Å². The molecule has 0 spiro atoms. The number of rotatable bonds is 7. The van der Waals surface area contributed by atoms with Crippen molar-refractivity contribution in [3.63, 3.8) is 0 Å². The summed E-state index contributed by atoms with van der Waals surface area (Å²) in [6.45, 7) is 1.07. The Hall–Kier alpha value is -0.480. The van der Waals surface area contributed by atoms with Gasteiger partial charge in [0.05, 0.1) is 27.6 Å². The highest BCUT2D eigenvalue weighted by molar-refractivity contribution is 14.1. The van der Waals surface area contributed by atoms with Gasteiger partial charge in [-0.1, -0.05) is 0 Å². The van der Waals surface area contributed by atoms with Crippen LogP contribution in [0, 0.1) is 10.7 Å². The molecule has 0 bridgehead atoms. The molecule has 9 nitrogen and oxygen atoms in total. The molecule has 1 rings (SSSR count). The maximum atomic E-state index is 12.7. The van der Waals surface area contributed by atoms with Crippen LogP contribution in [-0.4, -0.2) is 51.9 Å². The first-order valence-electron chi connectivity index (χ1n) is 7.98. The third-order valence-corrected chi connectivity index (χ3v) is 7.91. The summed E-state index contributed by atoms with van der Waals surface area (Å²) in [6.07, 6.45) is 0. The lowest BCUT2D eigenvalue weighted by molar-refractivity contribution is -0.116. The largest absolute Gasteiger partial charge is 0.511 e. The van der Waals surface area contributed by atoms with E-state index in [1.54, 1.807) is 22.6 Å². The van der Waals surface area contributed by atoms with Gasteiger partial charge in [-0.25, -0.2) is 17.9 Å². The van der Waals surface area contributed by atoms with Gasteiger partial charge in [0.1, 0.15) is 6.61 Å². The zero-order valence-corrected chi connectivity index (χ0v) is 23.3. The molecule has 174 valence electrons. The van der Waals surface area contributed by atoms with Crippen molar-refractivity contribution in [2.24, 2.45) is 0 Å². The number of nitrogens with one attached hydrogen (secondary N) is 2. The average Bonchev–Trinajstić information content (AvgIpc) is 2.61. The summed E-state index contributed by atoms with van der Waals surface area (Å²) >= 11 is 5.52. The topological polar surface area (TPSA) is 122 Å². The normalized spacial score (nSPS) is 11.8. The summed E-state index contributed by atoms with van der Waals surface area (Å²) in [4.78, 5) is 37.4. The van der Waals surface area contributed by atoms with Crippen LogP contribution in [0.1, 0.15) is 24.2 Å². The number of amides is 2. The van der Waals surface area contributed by atoms with E-state index in [0.29, 0.717) is 12.8 Å². The highest BCUT2D eigenvalue weighted by Gasteiger charge is 2.45. The lowest BCUT2D eigenvalue weighted by Crippen LogP contribution is -2.38. The van der Waals surface area contributed by atoms with Crippen LogP contribution in [0.4, 0.5) is 24.5 Å². The van der Waals surface area contributed by atoms with Gasteiger partial charge in [-0.3, -0.25) is 9.59 Å². The third-order valence-electron chi connectivity index (χ3n) is 3.54. The van der Waals surface area contributed by atoms with Gasteiger partial charge < -0.3 is 15.0 Å². The quantitative estimate of drug-likeness (QED) is 0.249. The van der Waals surface area contributed by atoms with Crippen molar-refractivity contribution >= 4 is 107 Å². The predicted octanol–water partition coefficient (Wildman–Crippen LogP) is 3.04. The number of anilines is 2. The van der Waals surface area contributed by atoms with Crippen molar-refractivity contribution in [3.8, 4) is 0 Å². The summed E-state index contributed by atoms with van der Waals surface area (Å²) in [7, 11) is -4.10. The van der Waals surface area contributed by atoms with E-state index in [2.05, 4.69) is 5.32 Å². The van der Waals surface area contributed by atoms with Crippen molar-refractivity contribution in [2.45, 2.75) is 19.4 Å². The zero-order valence-electron chi connectivity index (χ0n) is 16.0. The molecule has 0 unspecified atom stereocenters. The molecular formula is C15H15F3I3N3O6S.